The minimum Gasteiger partial charge on any atom is -0.453 e. The van der Waals surface area contributed by atoms with Crippen LogP contribution < -0.4 is 0 Å². The van der Waals surface area contributed by atoms with Crippen molar-refractivity contribution in [3.63, 3.8) is 0 Å². The molecule has 1 unspecified atom stereocenters. The van der Waals surface area contributed by atoms with E-state index in [1.165, 1.54) is 7.11 Å². The van der Waals surface area contributed by atoms with E-state index >= 15 is 0 Å². The number of amides is 1. The molecule has 76 valence electrons. The van der Waals surface area contributed by atoms with Crippen LogP contribution in [0.3, 0.4) is 0 Å². The Kier molecular flexibility index (Phi) is 3.54. The third-order valence-corrected chi connectivity index (χ3v) is 2.58. The summed E-state index contributed by atoms with van der Waals surface area (Å²) in [6.07, 6.45) is 2.48. The molecule has 0 spiro atoms. The summed E-state index contributed by atoms with van der Waals surface area (Å²) >= 11 is 0. The lowest BCUT2D eigenvalue weighted by atomic mass is 10.2. The Morgan fingerprint density at radius 2 is 2.15 bits per heavy atom. The maximum atomic E-state index is 11.4. The smallest absolute Gasteiger partial charge is 0.411 e. The van der Waals surface area contributed by atoms with Gasteiger partial charge in [0.15, 0.2) is 0 Å². The number of methoxy groups -OCH3 is 2. The van der Waals surface area contributed by atoms with Crippen molar-refractivity contribution >= 4 is 6.09 Å². The Hall–Kier alpha value is -0.770. The molecule has 1 rings (SSSR count). The fourth-order valence-electron chi connectivity index (χ4n) is 1.85. The van der Waals surface area contributed by atoms with Crippen LogP contribution in [-0.4, -0.2) is 37.5 Å². The van der Waals surface area contributed by atoms with Crippen molar-refractivity contribution in [1.29, 1.82) is 0 Å². The average Bonchev–Trinajstić information content (AvgIpc) is 2.59. The Morgan fingerprint density at radius 1 is 1.46 bits per heavy atom. The van der Waals surface area contributed by atoms with Gasteiger partial charge < -0.3 is 9.47 Å². The van der Waals surface area contributed by atoms with E-state index < -0.39 is 0 Å². The summed E-state index contributed by atoms with van der Waals surface area (Å²) in [5.41, 5.74) is 0. The van der Waals surface area contributed by atoms with E-state index in [9.17, 15) is 4.79 Å². The first kappa shape index (κ1) is 10.3. The topological polar surface area (TPSA) is 38.8 Å². The van der Waals surface area contributed by atoms with Crippen molar-refractivity contribution in [1.82, 2.24) is 4.90 Å². The largest absolute Gasteiger partial charge is 0.453 e. The van der Waals surface area contributed by atoms with E-state index in [1.807, 2.05) is 0 Å². The van der Waals surface area contributed by atoms with Gasteiger partial charge in [-0.15, -0.1) is 0 Å². The van der Waals surface area contributed by atoms with E-state index in [2.05, 4.69) is 6.92 Å². The fourth-order valence-corrected chi connectivity index (χ4v) is 1.85. The number of likely N-dealkylation sites (tertiary alicyclic amines) is 1. The first-order chi connectivity index (χ1) is 6.24. The molecule has 4 nitrogen and oxygen atoms in total. The minimum atomic E-state index is -0.281. The zero-order valence-electron chi connectivity index (χ0n) is 8.45. The first-order valence-corrected chi connectivity index (χ1v) is 4.63. The van der Waals surface area contributed by atoms with E-state index in [1.54, 1.807) is 12.0 Å². The molecule has 0 aromatic rings. The molecule has 4 heteroatoms. The van der Waals surface area contributed by atoms with Crippen LogP contribution in [0.1, 0.15) is 26.2 Å². The monoisotopic (exact) mass is 187 g/mol. The van der Waals surface area contributed by atoms with Crippen LogP contribution in [0.4, 0.5) is 4.79 Å². The van der Waals surface area contributed by atoms with Crippen LogP contribution in [0.15, 0.2) is 0 Å². The molecular weight excluding hydrogens is 170 g/mol. The first-order valence-electron chi connectivity index (χ1n) is 4.63. The van der Waals surface area contributed by atoms with E-state index in [4.69, 9.17) is 9.47 Å². The van der Waals surface area contributed by atoms with Gasteiger partial charge in [-0.05, 0) is 19.3 Å². The number of carbonyl (C=O) groups is 1. The predicted molar refractivity (Wildman–Crippen MR) is 48.4 cm³/mol. The summed E-state index contributed by atoms with van der Waals surface area (Å²) in [6, 6.07) is 0.275. The summed E-state index contributed by atoms with van der Waals surface area (Å²) in [5, 5.41) is 0. The summed E-state index contributed by atoms with van der Waals surface area (Å²) in [4.78, 5) is 13.1. The lowest BCUT2D eigenvalue weighted by Crippen LogP contribution is -2.41. The van der Waals surface area contributed by atoms with Crippen molar-refractivity contribution in [3.8, 4) is 0 Å². The molecule has 1 heterocycles. The van der Waals surface area contributed by atoms with Crippen molar-refractivity contribution in [2.24, 2.45) is 0 Å². The van der Waals surface area contributed by atoms with Gasteiger partial charge in [0, 0.05) is 13.2 Å². The van der Waals surface area contributed by atoms with Gasteiger partial charge in [0.25, 0.3) is 0 Å². The molecule has 0 N–H and O–H groups in total. The van der Waals surface area contributed by atoms with E-state index in [-0.39, 0.29) is 18.4 Å². The lowest BCUT2D eigenvalue weighted by molar-refractivity contribution is -0.0142. The van der Waals surface area contributed by atoms with Gasteiger partial charge in [0.2, 0.25) is 0 Å². The van der Waals surface area contributed by atoms with Gasteiger partial charge in [-0.25, -0.2) is 4.79 Å². The second-order valence-corrected chi connectivity index (χ2v) is 3.21. The van der Waals surface area contributed by atoms with Gasteiger partial charge in [0.1, 0.15) is 6.23 Å². The van der Waals surface area contributed by atoms with Gasteiger partial charge in [-0.3, -0.25) is 4.90 Å². The molecule has 0 saturated carbocycles. The van der Waals surface area contributed by atoms with Crippen LogP contribution in [-0.2, 0) is 9.47 Å². The SMILES string of the molecule is CC[C@@H]1CCC(OC)N1C(=O)OC. The predicted octanol–water partition coefficient (Wildman–Crippen LogP) is 1.60. The number of hydrogen-bond donors (Lipinski definition) is 0. The fraction of sp³-hybridized carbons (Fsp3) is 0.889. The number of nitrogens with zero attached hydrogens (tertiary/aromatic N) is 1. The summed E-state index contributed by atoms with van der Waals surface area (Å²) < 4.78 is 9.91. The number of carbonyl (C=O) groups excluding carboxylic acids is 1. The zero-order chi connectivity index (χ0) is 9.84. The number of rotatable bonds is 2. The summed E-state index contributed by atoms with van der Waals surface area (Å²) in [7, 11) is 3.03. The lowest BCUT2D eigenvalue weighted by Gasteiger charge is -2.27. The quantitative estimate of drug-likeness (QED) is 0.659. The van der Waals surface area contributed by atoms with Crippen LogP contribution in [0.2, 0.25) is 0 Å². The maximum absolute atomic E-state index is 11.4. The molecule has 0 aromatic carbocycles. The van der Waals surface area contributed by atoms with Gasteiger partial charge in [-0.1, -0.05) is 6.92 Å². The number of hydrogen-bond acceptors (Lipinski definition) is 3. The molecule has 1 aliphatic rings. The second-order valence-electron chi connectivity index (χ2n) is 3.21. The molecule has 0 radical (unpaired) electrons. The highest BCUT2D eigenvalue weighted by Crippen LogP contribution is 2.26. The van der Waals surface area contributed by atoms with Crippen molar-refractivity contribution in [2.45, 2.75) is 38.5 Å². The highest BCUT2D eigenvalue weighted by Gasteiger charge is 2.36. The molecule has 1 aliphatic heterocycles. The highest BCUT2D eigenvalue weighted by atomic mass is 16.6. The van der Waals surface area contributed by atoms with Gasteiger partial charge in [-0.2, -0.15) is 0 Å². The second kappa shape index (κ2) is 4.46. The molecule has 1 saturated heterocycles. The van der Waals surface area contributed by atoms with Gasteiger partial charge in [0.05, 0.1) is 7.11 Å². The third kappa shape index (κ3) is 1.94. The standard InChI is InChI=1S/C9H17NO3/c1-4-7-5-6-8(12-2)10(7)9(11)13-3/h7-8H,4-6H2,1-3H3/t7-,8?/m1/s1. The van der Waals surface area contributed by atoms with E-state index in [0.29, 0.717) is 0 Å². The van der Waals surface area contributed by atoms with Crippen LogP contribution >= 0.6 is 0 Å². The van der Waals surface area contributed by atoms with Crippen LogP contribution in [0.5, 0.6) is 0 Å². The zero-order valence-corrected chi connectivity index (χ0v) is 8.45. The summed E-state index contributed by atoms with van der Waals surface area (Å²) in [6.45, 7) is 2.07. The molecule has 1 fully saturated rings. The molecule has 13 heavy (non-hydrogen) atoms. The molecule has 0 aromatic heterocycles. The van der Waals surface area contributed by atoms with E-state index in [0.717, 1.165) is 19.3 Å². The Morgan fingerprint density at radius 3 is 2.62 bits per heavy atom. The normalized spacial score (nSPS) is 27.8. The third-order valence-electron chi connectivity index (χ3n) is 2.58. The summed E-state index contributed by atoms with van der Waals surface area (Å²) in [5.74, 6) is 0. The molecule has 2 atom stereocenters. The molecular formula is C9H17NO3. The highest BCUT2D eigenvalue weighted by molar-refractivity contribution is 5.68. The average molecular weight is 187 g/mol. The van der Waals surface area contributed by atoms with Crippen molar-refractivity contribution in [2.75, 3.05) is 14.2 Å². The Bertz CT molecular complexity index is 172. The number of ether oxygens (including phenoxy) is 2. The maximum Gasteiger partial charge on any atom is 0.411 e. The molecule has 0 aliphatic carbocycles. The van der Waals surface area contributed by atoms with Crippen LogP contribution in [0, 0.1) is 0 Å². The van der Waals surface area contributed by atoms with Gasteiger partial charge >= 0.3 is 6.09 Å². The Labute approximate surface area is 78.8 Å². The minimum absolute atomic E-state index is 0.0996. The van der Waals surface area contributed by atoms with Crippen LogP contribution in [0.25, 0.3) is 0 Å². The van der Waals surface area contributed by atoms with Crippen molar-refractivity contribution < 1.29 is 14.3 Å². The molecule has 1 amide bonds. The van der Waals surface area contributed by atoms with Crippen molar-refractivity contribution in [3.05, 3.63) is 0 Å². The molecule has 0 bridgehead atoms. The Balaban J connectivity index is 2.67.